The molecule has 2 aromatic heterocycles. The van der Waals surface area contributed by atoms with E-state index in [1.807, 2.05) is 6.92 Å². The van der Waals surface area contributed by atoms with Crippen LogP contribution in [0.3, 0.4) is 0 Å². The van der Waals surface area contributed by atoms with Crippen molar-refractivity contribution in [2.75, 3.05) is 16.6 Å². The highest BCUT2D eigenvalue weighted by atomic mass is 79.9. The monoisotopic (exact) mass is 370 g/mol. The molecule has 0 atom stereocenters. The molecule has 0 spiro atoms. The van der Waals surface area contributed by atoms with E-state index < -0.39 is 10.0 Å². The van der Waals surface area contributed by atoms with E-state index in [-0.39, 0.29) is 10.7 Å². The zero-order valence-electron chi connectivity index (χ0n) is 11.6. The van der Waals surface area contributed by atoms with Crippen LogP contribution in [0.2, 0.25) is 0 Å². The van der Waals surface area contributed by atoms with E-state index in [4.69, 9.17) is 0 Å². The van der Waals surface area contributed by atoms with Gasteiger partial charge in [0.25, 0.3) is 10.0 Å². The number of hydrogen-bond acceptors (Lipinski definition) is 5. The summed E-state index contributed by atoms with van der Waals surface area (Å²) in [5.41, 5.74) is 1.21. The highest BCUT2D eigenvalue weighted by Crippen LogP contribution is 2.23. The summed E-state index contributed by atoms with van der Waals surface area (Å²) in [4.78, 5) is 8.15. The summed E-state index contributed by atoms with van der Waals surface area (Å²) < 4.78 is 28.2. The van der Waals surface area contributed by atoms with Crippen LogP contribution in [-0.4, -0.2) is 24.9 Å². The minimum Gasteiger partial charge on any atom is -0.384 e. The Morgan fingerprint density at radius 1 is 1.29 bits per heavy atom. The minimum atomic E-state index is -3.75. The Labute approximate surface area is 132 Å². The molecule has 2 rings (SSSR count). The van der Waals surface area contributed by atoms with Gasteiger partial charge in [-0.15, -0.1) is 0 Å². The maximum atomic E-state index is 12.5. The van der Waals surface area contributed by atoms with Crippen LogP contribution in [0.4, 0.5) is 11.5 Å². The standard InChI is InChI=1S/C13H15BrN4O2S/c1-3-16-11-6-7-15-8-12(11)21(19,20)18-13-5-4-10(14)9(2)17-13/h4-8H,3H2,1-2H3,(H,15,16)(H,17,18). The lowest BCUT2D eigenvalue weighted by Crippen LogP contribution is -2.16. The molecule has 0 aliphatic rings. The molecule has 0 aliphatic heterocycles. The van der Waals surface area contributed by atoms with Gasteiger partial charge in [0.2, 0.25) is 0 Å². The van der Waals surface area contributed by atoms with Crippen molar-refractivity contribution in [3.05, 3.63) is 40.8 Å². The van der Waals surface area contributed by atoms with Gasteiger partial charge in [0, 0.05) is 23.4 Å². The summed E-state index contributed by atoms with van der Waals surface area (Å²) in [6.45, 7) is 4.29. The number of nitrogens with zero attached hydrogens (tertiary/aromatic N) is 2. The first-order valence-electron chi connectivity index (χ1n) is 6.28. The van der Waals surface area contributed by atoms with Crippen LogP contribution < -0.4 is 10.0 Å². The number of rotatable bonds is 5. The van der Waals surface area contributed by atoms with Gasteiger partial charge >= 0.3 is 0 Å². The molecule has 0 saturated heterocycles. The molecular weight excluding hydrogens is 356 g/mol. The van der Waals surface area contributed by atoms with Crippen LogP contribution >= 0.6 is 15.9 Å². The smallest absolute Gasteiger partial charge is 0.266 e. The van der Waals surface area contributed by atoms with Crippen molar-refractivity contribution in [1.29, 1.82) is 0 Å². The molecule has 21 heavy (non-hydrogen) atoms. The van der Waals surface area contributed by atoms with Crippen molar-refractivity contribution in [3.63, 3.8) is 0 Å². The Bertz CT molecular complexity index is 750. The molecule has 0 fully saturated rings. The average Bonchev–Trinajstić information content (AvgIpc) is 2.43. The lowest BCUT2D eigenvalue weighted by Gasteiger charge is -2.12. The Kier molecular flexibility index (Phi) is 4.79. The van der Waals surface area contributed by atoms with E-state index in [0.717, 1.165) is 4.47 Å². The third-order valence-corrected chi connectivity index (χ3v) is 4.92. The van der Waals surface area contributed by atoms with E-state index in [1.165, 1.54) is 6.20 Å². The normalized spacial score (nSPS) is 11.2. The predicted octanol–water partition coefficient (Wildman–Crippen LogP) is 2.78. The third kappa shape index (κ3) is 3.70. The molecule has 2 N–H and O–H groups in total. The maximum Gasteiger partial charge on any atom is 0.266 e. The lowest BCUT2D eigenvalue weighted by atomic mass is 10.4. The average molecular weight is 371 g/mol. The zero-order chi connectivity index (χ0) is 15.5. The van der Waals surface area contributed by atoms with Crippen LogP contribution in [0, 0.1) is 6.92 Å². The van der Waals surface area contributed by atoms with Crippen LogP contribution in [0.15, 0.2) is 40.0 Å². The maximum absolute atomic E-state index is 12.5. The van der Waals surface area contributed by atoms with Gasteiger partial charge in [0.1, 0.15) is 10.7 Å². The fourth-order valence-electron chi connectivity index (χ4n) is 1.72. The van der Waals surface area contributed by atoms with Gasteiger partial charge in [-0.05, 0) is 48.0 Å². The molecule has 0 amide bonds. The van der Waals surface area contributed by atoms with Crippen LogP contribution in [0.25, 0.3) is 0 Å². The number of aryl methyl sites for hydroxylation is 1. The second kappa shape index (κ2) is 6.40. The first-order chi connectivity index (χ1) is 9.94. The Hall–Kier alpha value is -1.67. The number of halogens is 1. The van der Waals surface area contributed by atoms with Crippen LogP contribution in [0.5, 0.6) is 0 Å². The fourth-order valence-corrected chi connectivity index (χ4v) is 3.07. The van der Waals surface area contributed by atoms with Crippen molar-refractivity contribution in [2.45, 2.75) is 18.7 Å². The van der Waals surface area contributed by atoms with E-state index in [1.54, 1.807) is 31.3 Å². The summed E-state index contributed by atoms with van der Waals surface area (Å²) in [6.07, 6.45) is 2.85. The largest absolute Gasteiger partial charge is 0.384 e. The Balaban J connectivity index is 2.36. The van der Waals surface area contributed by atoms with E-state index in [2.05, 4.69) is 35.9 Å². The molecule has 0 bridgehead atoms. The molecule has 0 radical (unpaired) electrons. The Morgan fingerprint density at radius 3 is 2.71 bits per heavy atom. The summed E-state index contributed by atoms with van der Waals surface area (Å²) in [6, 6.07) is 4.96. The Morgan fingerprint density at radius 2 is 2.05 bits per heavy atom. The van der Waals surface area contributed by atoms with E-state index >= 15 is 0 Å². The van der Waals surface area contributed by atoms with Gasteiger partial charge in [-0.1, -0.05) is 0 Å². The molecule has 112 valence electrons. The summed E-state index contributed by atoms with van der Waals surface area (Å²) in [7, 11) is -3.75. The number of nitrogens with one attached hydrogen (secondary N) is 2. The molecule has 8 heteroatoms. The highest BCUT2D eigenvalue weighted by Gasteiger charge is 2.19. The van der Waals surface area contributed by atoms with Gasteiger partial charge in [0.15, 0.2) is 0 Å². The van der Waals surface area contributed by atoms with E-state index in [9.17, 15) is 8.42 Å². The molecule has 2 heterocycles. The van der Waals surface area contributed by atoms with Crippen LogP contribution in [0.1, 0.15) is 12.6 Å². The SMILES string of the molecule is CCNc1ccncc1S(=O)(=O)Nc1ccc(Br)c(C)n1. The second-order valence-electron chi connectivity index (χ2n) is 4.27. The van der Waals surface area contributed by atoms with Gasteiger partial charge in [-0.25, -0.2) is 13.4 Å². The van der Waals surface area contributed by atoms with Gasteiger partial charge in [-0.2, -0.15) is 0 Å². The van der Waals surface area contributed by atoms with Crippen LogP contribution in [-0.2, 0) is 10.0 Å². The van der Waals surface area contributed by atoms with Crippen molar-refractivity contribution >= 4 is 37.5 Å². The summed E-state index contributed by atoms with van der Waals surface area (Å²) >= 11 is 3.33. The topological polar surface area (TPSA) is 84.0 Å². The number of pyridine rings is 2. The molecule has 0 unspecified atom stereocenters. The van der Waals surface area contributed by atoms with Gasteiger partial charge < -0.3 is 5.32 Å². The molecular formula is C13H15BrN4O2S. The third-order valence-electron chi connectivity index (χ3n) is 2.70. The van der Waals surface area contributed by atoms with Gasteiger partial charge in [0.05, 0.1) is 11.4 Å². The highest BCUT2D eigenvalue weighted by molar-refractivity contribution is 9.10. The molecule has 0 aromatic carbocycles. The van der Waals surface area contributed by atoms with Crippen molar-refractivity contribution in [3.8, 4) is 0 Å². The van der Waals surface area contributed by atoms with E-state index in [0.29, 0.717) is 17.9 Å². The number of hydrogen-bond donors (Lipinski definition) is 2. The fraction of sp³-hybridized carbons (Fsp3) is 0.231. The molecule has 0 saturated carbocycles. The lowest BCUT2D eigenvalue weighted by molar-refractivity contribution is 0.601. The van der Waals surface area contributed by atoms with Crippen molar-refractivity contribution in [1.82, 2.24) is 9.97 Å². The van der Waals surface area contributed by atoms with Gasteiger partial charge in [-0.3, -0.25) is 9.71 Å². The zero-order valence-corrected chi connectivity index (χ0v) is 14.0. The number of aromatic nitrogens is 2. The quantitative estimate of drug-likeness (QED) is 0.845. The first kappa shape index (κ1) is 15.7. The van der Waals surface area contributed by atoms with Crippen molar-refractivity contribution < 1.29 is 8.42 Å². The summed E-state index contributed by atoms with van der Waals surface area (Å²) in [5.74, 6) is 0.266. The predicted molar refractivity (Wildman–Crippen MR) is 85.9 cm³/mol. The van der Waals surface area contributed by atoms with Crippen molar-refractivity contribution in [2.24, 2.45) is 0 Å². The second-order valence-corrected chi connectivity index (χ2v) is 6.78. The number of anilines is 2. The molecule has 0 aliphatic carbocycles. The first-order valence-corrected chi connectivity index (χ1v) is 8.55. The summed E-state index contributed by atoms with van der Waals surface area (Å²) in [5, 5.41) is 3.00. The number of sulfonamides is 1. The minimum absolute atomic E-state index is 0.0919. The molecule has 2 aromatic rings. The molecule has 6 nitrogen and oxygen atoms in total.